The van der Waals surface area contributed by atoms with Gasteiger partial charge in [0.25, 0.3) is 0 Å². The molecule has 0 aliphatic heterocycles. The monoisotopic (exact) mass is 501 g/mol. The molecule has 0 spiro atoms. The van der Waals surface area contributed by atoms with Crippen LogP contribution in [0.2, 0.25) is 0 Å². The average molecular weight is 501 g/mol. The van der Waals surface area contributed by atoms with Crippen LogP contribution in [0.1, 0.15) is 17.5 Å². The van der Waals surface area contributed by atoms with E-state index >= 15 is 0 Å². The number of benzene rings is 2. The van der Waals surface area contributed by atoms with Crippen LogP contribution < -0.4 is 9.47 Å². The Bertz CT molecular complexity index is 889. The number of hydrogen-bond donors (Lipinski definition) is 0. The van der Waals surface area contributed by atoms with Gasteiger partial charge in [-0.15, -0.1) is 13.2 Å². The van der Waals surface area contributed by atoms with Crippen molar-refractivity contribution in [3.8, 4) is 11.5 Å². The molecule has 0 aliphatic carbocycles. The highest BCUT2D eigenvalue weighted by molar-refractivity contribution is 5.35. The van der Waals surface area contributed by atoms with Crippen molar-refractivity contribution in [2.24, 2.45) is 0 Å². The minimum atomic E-state index is -5.18. The highest BCUT2D eigenvalue weighted by Crippen LogP contribution is 2.27. The van der Waals surface area contributed by atoms with Crippen molar-refractivity contribution in [2.45, 2.75) is 44.6 Å². The predicted octanol–water partition coefficient (Wildman–Crippen LogP) is 6.20. The second-order valence-electron chi connectivity index (χ2n) is 7.20. The SMILES string of the molecule is CO[C@@H](CCN(C(F)F)C(F)(F)F)COc1ccccc1CCc1cccc(OC(F)(F)F)c1. The van der Waals surface area contributed by atoms with Crippen LogP contribution in [0.3, 0.4) is 0 Å². The van der Waals surface area contributed by atoms with E-state index in [4.69, 9.17) is 9.47 Å². The van der Waals surface area contributed by atoms with Crippen LogP contribution >= 0.6 is 0 Å². The molecule has 0 N–H and O–H groups in total. The molecule has 0 aliphatic rings. The molecule has 12 heteroatoms. The lowest BCUT2D eigenvalue weighted by atomic mass is 10.0. The molecule has 0 fully saturated rings. The molecule has 1 atom stereocenters. The summed E-state index contributed by atoms with van der Waals surface area (Å²) in [6.07, 6.45) is -10.5. The van der Waals surface area contributed by atoms with E-state index in [9.17, 15) is 35.1 Å². The number of aryl methyl sites for hydroxylation is 2. The molecule has 0 aromatic heterocycles. The minimum absolute atomic E-state index is 0.183. The van der Waals surface area contributed by atoms with Gasteiger partial charge < -0.3 is 14.2 Å². The first-order valence-corrected chi connectivity index (χ1v) is 10.1. The van der Waals surface area contributed by atoms with Crippen molar-refractivity contribution in [1.82, 2.24) is 4.90 Å². The fourth-order valence-corrected chi connectivity index (χ4v) is 3.10. The van der Waals surface area contributed by atoms with Crippen LogP contribution in [-0.2, 0) is 17.6 Å². The van der Waals surface area contributed by atoms with E-state index < -0.39 is 36.8 Å². The summed E-state index contributed by atoms with van der Waals surface area (Å²) in [5.41, 5.74) is 1.29. The van der Waals surface area contributed by atoms with Gasteiger partial charge in [-0.25, -0.2) is 0 Å². The smallest absolute Gasteiger partial charge is 0.491 e. The third kappa shape index (κ3) is 9.34. The molecule has 0 radical (unpaired) electrons. The van der Waals surface area contributed by atoms with Gasteiger partial charge in [-0.1, -0.05) is 30.3 Å². The van der Waals surface area contributed by atoms with E-state index in [0.29, 0.717) is 29.7 Å². The first-order valence-electron chi connectivity index (χ1n) is 10.1. The van der Waals surface area contributed by atoms with Crippen LogP contribution in [0.15, 0.2) is 48.5 Å². The van der Waals surface area contributed by atoms with Crippen molar-refractivity contribution >= 4 is 0 Å². The summed E-state index contributed by atoms with van der Waals surface area (Å²) in [5, 5.41) is 0. The Balaban J connectivity index is 1.96. The molecule has 2 rings (SSSR count). The summed E-state index contributed by atoms with van der Waals surface area (Å²) in [5.74, 6) is 0.0583. The fraction of sp³-hybridized carbons (Fsp3) is 0.455. The summed E-state index contributed by atoms with van der Waals surface area (Å²) in [4.78, 5) is -0.885. The fourth-order valence-electron chi connectivity index (χ4n) is 3.10. The number of alkyl halides is 8. The predicted molar refractivity (Wildman–Crippen MR) is 107 cm³/mol. The first-order chi connectivity index (χ1) is 15.9. The summed E-state index contributed by atoms with van der Waals surface area (Å²) < 4.78 is 115. The molecule has 0 heterocycles. The van der Waals surface area contributed by atoms with Crippen LogP contribution in [0.4, 0.5) is 35.1 Å². The lowest BCUT2D eigenvalue weighted by Gasteiger charge is -2.25. The maximum absolute atomic E-state index is 12.7. The third-order valence-electron chi connectivity index (χ3n) is 4.80. The molecular formula is C22H23F8NO3. The Kier molecular flexibility index (Phi) is 9.92. The number of nitrogens with zero attached hydrogens (tertiary/aromatic N) is 1. The van der Waals surface area contributed by atoms with Gasteiger partial charge in [-0.05, 0) is 48.6 Å². The van der Waals surface area contributed by atoms with Crippen molar-refractivity contribution in [3.05, 3.63) is 59.7 Å². The maximum Gasteiger partial charge on any atom is 0.573 e. The molecule has 190 valence electrons. The van der Waals surface area contributed by atoms with Gasteiger partial charge in [0.1, 0.15) is 18.1 Å². The van der Waals surface area contributed by atoms with E-state index in [0.717, 1.165) is 0 Å². The molecular weight excluding hydrogens is 478 g/mol. The zero-order valence-electron chi connectivity index (χ0n) is 18.0. The Labute approximate surface area is 191 Å². The second kappa shape index (κ2) is 12.2. The lowest BCUT2D eigenvalue weighted by molar-refractivity contribution is -0.294. The van der Waals surface area contributed by atoms with Crippen molar-refractivity contribution in [2.75, 3.05) is 20.3 Å². The highest BCUT2D eigenvalue weighted by Gasteiger charge is 2.42. The van der Waals surface area contributed by atoms with Gasteiger partial charge in [-0.2, -0.15) is 26.9 Å². The zero-order valence-corrected chi connectivity index (χ0v) is 18.0. The van der Waals surface area contributed by atoms with Crippen molar-refractivity contribution < 1.29 is 49.3 Å². The molecule has 2 aromatic carbocycles. The topological polar surface area (TPSA) is 30.9 Å². The molecule has 34 heavy (non-hydrogen) atoms. The molecule has 0 amide bonds. The van der Waals surface area contributed by atoms with Crippen LogP contribution in [-0.4, -0.2) is 50.5 Å². The number of methoxy groups -OCH3 is 1. The number of rotatable bonds is 12. The first kappa shape index (κ1) is 27.6. The summed E-state index contributed by atoms with van der Waals surface area (Å²) in [6.45, 7) is -4.85. The van der Waals surface area contributed by atoms with Gasteiger partial charge in [0.05, 0.1) is 6.10 Å². The standard InChI is InChI=1S/C22H23F8NO3/c1-32-18(11-12-31(20(23)24)21(25,26)27)14-33-19-8-3-2-6-16(19)10-9-15-5-4-7-17(13-15)34-22(28,29)30/h2-8,13,18,20H,9-12,14H2,1H3/t18-/m0/s1. The number of para-hydroxylation sites is 1. The van der Waals surface area contributed by atoms with Gasteiger partial charge in [-0.3, -0.25) is 0 Å². The van der Waals surface area contributed by atoms with Crippen molar-refractivity contribution in [1.29, 1.82) is 0 Å². The van der Waals surface area contributed by atoms with Gasteiger partial charge in [0.2, 0.25) is 0 Å². The van der Waals surface area contributed by atoms with E-state index in [1.54, 1.807) is 30.3 Å². The van der Waals surface area contributed by atoms with Crippen LogP contribution in [0.25, 0.3) is 0 Å². The largest absolute Gasteiger partial charge is 0.573 e. The van der Waals surface area contributed by atoms with E-state index in [2.05, 4.69) is 4.74 Å². The molecule has 4 nitrogen and oxygen atoms in total. The van der Waals surface area contributed by atoms with Gasteiger partial charge >= 0.3 is 19.2 Å². The third-order valence-corrected chi connectivity index (χ3v) is 4.80. The zero-order chi connectivity index (χ0) is 25.4. The Morgan fingerprint density at radius 1 is 0.912 bits per heavy atom. The molecule has 0 saturated carbocycles. The Hall–Kier alpha value is -2.60. The van der Waals surface area contributed by atoms with Crippen LogP contribution in [0, 0.1) is 0 Å². The Morgan fingerprint density at radius 3 is 2.24 bits per heavy atom. The molecule has 0 unspecified atom stereocenters. The molecule has 0 saturated heterocycles. The van der Waals surface area contributed by atoms with Gasteiger partial charge in [0, 0.05) is 13.7 Å². The summed E-state index contributed by atoms with van der Waals surface area (Å²) in [6, 6.07) is 12.3. The summed E-state index contributed by atoms with van der Waals surface area (Å²) >= 11 is 0. The maximum atomic E-state index is 12.7. The number of halogens is 8. The average Bonchev–Trinajstić information content (AvgIpc) is 2.73. The van der Waals surface area contributed by atoms with E-state index in [-0.39, 0.29) is 18.8 Å². The van der Waals surface area contributed by atoms with E-state index in [1.165, 1.54) is 25.3 Å². The normalized spacial score (nSPS) is 13.4. The lowest BCUT2D eigenvalue weighted by Crippen LogP contribution is -2.43. The van der Waals surface area contributed by atoms with Crippen LogP contribution in [0.5, 0.6) is 11.5 Å². The second-order valence-corrected chi connectivity index (χ2v) is 7.20. The molecule has 2 aromatic rings. The van der Waals surface area contributed by atoms with E-state index in [1.807, 2.05) is 0 Å². The minimum Gasteiger partial charge on any atom is -0.491 e. The van der Waals surface area contributed by atoms with Gasteiger partial charge in [0.15, 0.2) is 0 Å². The quantitative estimate of drug-likeness (QED) is 0.256. The number of ether oxygens (including phenoxy) is 3. The number of hydrogen-bond acceptors (Lipinski definition) is 4. The van der Waals surface area contributed by atoms with Crippen molar-refractivity contribution in [3.63, 3.8) is 0 Å². The Morgan fingerprint density at radius 2 is 1.62 bits per heavy atom. The molecule has 0 bridgehead atoms. The summed E-state index contributed by atoms with van der Waals surface area (Å²) in [7, 11) is 1.23. The highest BCUT2D eigenvalue weighted by atomic mass is 19.4.